The van der Waals surface area contributed by atoms with Gasteiger partial charge in [-0.3, -0.25) is 9.48 Å². The normalized spacial score (nSPS) is 11.6. The molecular formula is C9H6ClF3N4O2. The molecule has 1 amide bonds. The van der Waals surface area contributed by atoms with Crippen LogP contribution in [0.25, 0.3) is 0 Å². The highest BCUT2D eigenvalue weighted by Gasteiger charge is 2.40. The first kappa shape index (κ1) is 13.4. The van der Waals surface area contributed by atoms with Crippen LogP contribution in [0.2, 0.25) is 5.02 Å². The van der Waals surface area contributed by atoms with Crippen LogP contribution in [0, 0.1) is 0 Å². The molecule has 1 N–H and O–H groups in total. The van der Waals surface area contributed by atoms with Crippen molar-refractivity contribution in [2.45, 2.75) is 6.18 Å². The van der Waals surface area contributed by atoms with Gasteiger partial charge in [0.2, 0.25) is 0 Å². The molecule has 102 valence electrons. The molecule has 0 spiro atoms. The fourth-order valence-electron chi connectivity index (χ4n) is 1.40. The summed E-state index contributed by atoms with van der Waals surface area (Å²) in [5.41, 5.74) is -1.74. The standard InChI is InChI=1S/C9H6ClF3N4O2/c1-17-7(9(11,12)13)5(10)6(15-17)8(18)14-4-2-3-19-16-4/h2-3H,1H3,(H,14,16,18). The second-order valence-corrected chi connectivity index (χ2v) is 3.85. The van der Waals surface area contributed by atoms with Crippen LogP contribution in [0.1, 0.15) is 16.2 Å². The van der Waals surface area contributed by atoms with E-state index in [1.165, 1.54) is 12.3 Å². The molecule has 19 heavy (non-hydrogen) atoms. The number of halogens is 4. The fraction of sp³-hybridized carbons (Fsp3) is 0.222. The van der Waals surface area contributed by atoms with Crippen LogP contribution in [0.4, 0.5) is 19.0 Å². The first-order valence-corrected chi connectivity index (χ1v) is 5.20. The molecule has 0 fully saturated rings. The molecule has 2 aromatic rings. The maximum absolute atomic E-state index is 12.7. The van der Waals surface area contributed by atoms with E-state index in [4.69, 9.17) is 11.6 Å². The van der Waals surface area contributed by atoms with E-state index in [0.717, 1.165) is 7.05 Å². The predicted molar refractivity (Wildman–Crippen MR) is 57.7 cm³/mol. The van der Waals surface area contributed by atoms with Gasteiger partial charge in [0.1, 0.15) is 11.3 Å². The predicted octanol–water partition coefficient (Wildman–Crippen LogP) is 2.33. The van der Waals surface area contributed by atoms with Gasteiger partial charge >= 0.3 is 6.18 Å². The zero-order valence-corrected chi connectivity index (χ0v) is 10.1. The van der Waals surface area contributed by atoms with Crippen LogP contribution in [-0.4, -0.2) is 20.8 Å². The molecule has 0 saturated heterocycles. The number of aryl methyl sites for hydroxylation is 1. The lowest BCUT2D eigenvalue weighted by Gasteiger charge is -2.06. The number of hydrogen-bond acceptors (Lipinski definition) is 4. The van der Waals surface area contributed by atoms with Crippen LogP contribution in [-0.2, 0) is 13.2 Å². The van der Waals surface area contributed by atoms with E-state index < -0.39 is 28.5 Å². The van der Waals surface area contributed by atoms with Gasteiger partial charge in [-0.25, -0.2) is 0 Å². The Morgan fingerprint density at radius 2 is 2.21 bits per heavy atom. The smallest absolute Gasteiger partial charge is 0.363 e. The molecule has 0 unspecified atom stereocenters. The van der Waals surface area contributed by atoms with Crippen molar-refractivity contribution in [1.29, 1.82) is 0 Å². The minimum atomic E-state index is -4.70. The third-order valence-corrected chi connectivity index (χ3v) is 2.51. The molecule has 0 aliphatic heterocycles. The second kappa shape index (κ2) is 4.57. The summed E-state index contributed by atoms with van der Waals surface area (Å²) in [5, 5.41) is 8.27. The Labute approximate surface area is 109 Å². The summed E-state index contributed by atoms with van der Waals surface area (Å²) in [6, 6.07) is 1.32. The largest absolute Gasteiger partial charge is 0.434 e. The lowest BCUT2D eigenvalue weighted by atomic mass is 10.3. The number of carbonyl (C=O) groups excluding carboxylic acids is 1. The van der Waals surface area contributed by atoms with Crippen molar-refractivity contribution in [3.8, 4) is 0 Å². The average molecular weight is 295 g/mol. The van der Waals surface area contributed by atoms with E-state index in [1.807, 2.05) is 0 Å². The summed E-state index contributed by atoms with van der Waals surface area (Å²) < 4.78 is 42.9. The van der Waals surface area contributed by atoms with Gasteiger partial charge in [-0.05, 0) is 0 Å². The molecule has 0 aliphatic rings. The van der Waals surface area contributed by atoms with Crippen molar-refractivity contribution < 1.29 is 22.5 Å². The fourth-order valence-corrected chi connectivity index (χ4v) is 1.76. The Kier molecular flexibility index (Phi) is 3.23. The highest BCUT2D eigenvalue weighted by atomic mass is 35.5. The van der Waals surface area contributed by atoms with Gasteiger partial charge in [0.25, 0.3) is 5.91 Å². The van der Waals surface area contributed by atoms with Crippen LogP contribution >= 0.6 is 11.6 Å². The van der Waals surface area contributed by atoms with E-state index in [-0.39, 0.29) is 5.82 Å². The van der Waals surface area contributed by atoms with Crippen molar-refractivity contribution in [3.05, 3.63) is 28.7 Å². The maximum atomic E-state index is 12.7. The van der Waals surface area contributed by atoms with Crippen LogP contribution in [0.3, 0.4) is 0 Å². The van der Waals surface area contributed by atoms with E-state index in [0.29, 0.717) is 4.68 Å². The molecule has 2 rings (SSSR count). The number of anilines is 1. The number of rotatable bonds is 2. The summed E-state index contributed by atoms with van der Waals surface area (Å²) in [5.74, 6) is -0.870. The Hall–Kier alpha value is -2.03. The number of carbonyl (C=O) groups is 1. The van der Waals surface area contributed by atoms with E-state index in [1.54, 1.807) is 0 Å². The minimum absolute atomic E-state index is 0.0419. The highest BCUT2D eigenvalue weighted by molar-refractivity contribution is 6.34. The van der Waals surface area contributed by atoms with Crippen molar-refractivity contribution in [1.82, 2.24) is 14.9 Å². The molecule has 0 aromatic carbocycles. The average Bonchev–Trinajstić information content (AvgIpc) is 2.85. The lowest BCUT2D eigenvalue weighted by molar-refractivity contribution is -0.143. The van der Waals surface area contributed by atoms with Gasteiger partial charge in [-0.15, -0.1) is 0 Å². The first-order chi connectivity index (χ1) is 8.80. The second-order valence-electron chi connectivity index (χ2n) is 3.47. The van der Waals surface area contributed by atoms with Crippen LogP contribution in [0.15, 0.2) is 16.9 Å². The van der Waals surface area contributed by atoms with E-state index in [2.05, 4.69) is 20.1 Å². The van der Waals surface area contributed by atoms with Gasteiger partial charge < -0.3 is 9.84 Å². The van der Waals surface area contributed by atoms with Crippen molar-refractivity contribution in [2.75, 3.05) is 5.32 Å². The van der Waals surface area contributed by atoms with Gasteiger partial charge in [-0.1, -0.05) is 16.8 Å². The van der Waals surface area contributed by atoms with Crippen LogP contribution in [0.5, 0.6) is 0 Å². The summed E-state index contributed by atoms with van der Waals surface area (Å²) in [7, 11) is 1.04. The number of alkyl halides is 3. The molecule has 6 nitrogen and oxygen atoms in total. The molecule has 10 heteroatoms. The quantitative estimate of drug-likeness (QED) is 0.922. The Balaban J connectivity index is 2.34. The summed E-state index contributed by atoms with van der Waals surface area (Å²) in [6.45, 7) is 0. The van der Waals surface area contributed by atoms with E-state index >= 15 is 0 Å². The van der Waals surface area contributed by atoms with Crippen molar-refractivity contribution >= 4 is 23.3 Å². The monoisotopic (exact) mass is 294 g/mol. The van der Waals surface area contributed by atoms with Gasteiger partial charge in [0.05, 0.1) is 0 Å². The zero-order valence-electron chi connectivity index (χ0n) is 9.32. The zero-order chi connectivity index (χ0) is 14.2. The summed E-state index contributed by atoms with van der Waals surface area (Å²) >= 11 is 5.54. The molecule has 0 aliphatic carbocycles. The molecule has 2 heterocycles. The Morgan fingerprint density at radius 3 is 2.68 bits per heavy atom. The Morgan fingerprint density at radius 1 is 1.53 bits per heavy atom. The third kappa shape index (κ3) is 2.55. The SMILES string of the molecule is Cn1nc(C(=O)Nc2ccon2)c(Cl)c1C(F)(F)F. The van der Waals surface area contributed by atoms with E-state index in [9.17, 15) is 18.0 Å². The van der Waals surface area contributed by atoms with Gasteiger partial charge in [-0.2, -0.15) is 18.3 Å². The minimum Gasteiger partial charge on any atom is -0.363 e. The number of nitrogens with one attached hydrogen (secondary N) is 1. The first-order valence-electron chi connectivity index (χ1n) is 4.82. The van der Waals surface area contributed by atoms with Crippen LogP contribution < -0.4 is 5.32 Å². The molecule has 0 bridgehead atoms. The van der Waals surface area contributed by atoms with Gasteiger partial charge in [0, 0.05) is 13.1 Å². The molecule has 0 saturated carbocycles. The topological polar surface area (TPSA) is 73.0 Å². The number of aromatic nitrogens is 3. The number of nitrogens with zero attached hydrogens (tertiary/aromatic N) is 3. The number of hydrogen-bond donors (Lipinski definition) is 1. The molecular weight excluding hydrogens is 289 g/mol. The third-order valence-electron chi connectivity index (χ3n) is 2.15. The van der Waals surface area contributed by atoms with Crippen molar-refractivity contribution in [3.63, 3.8) is 0 Å². The Bertz CT molecular complexity index is 606. The summed E-state index contributed by atoms with van der Waals surface area (Å²) in [4.78, 5) is 11.7. The maximum Gasteiger partial charge on any atom is 0.434 e. The highest BCUT2D eigenvalue weighted by Crippen LogP contribution is 2.36. The molecule has 0 atom stereocenters. The summed E-state index contributed by atoms with van der Waals surface area (Å²) in [6.07, 6.45) is -3.51. The number of amides is 1. The molecule has 2 aromatic heterocycles. The van der Waals surface area contributed by atoms with Crippen molar-refractivity contribution in [2.24, 2.45) is 7.05 Å². The molecule has 0 radical (unpaired) electrons. The van der Waals surface area contributed by atoms with Gasteiger partial charge in [0.15, 0.2) is 17.2 Å². The lowest BCUT2D eigenvalue weighted by Crippen LogP contribution is -2.13.